The Hall–Kier alpha value is -1.11. The zero-order valence-electron chi connectivity index (χ0n) is 15.5. The Kier molecular flexibility index (Phi) is 5.50. The first kappa shape index (κ1) is 19.2. The summed E-state index contributed by atoms with van der Waals surface area (Å²) in [4.78, 5) is 13.0. The molecule has 1 aromatic carbocycles. The van der Waals surface area contributed by atoms with Crippen LogP contribution in [0.3, 0.4) is 0 Å². The van der Waals surface area contributed by atoms with Gasteiger partial charge in [0.1, 0.15) is 0 Å². The Bertz CT molecular complexity index is 819. The Morgan fingerprint density at radius 1 is 1.07 bits per heavy atom. The van der Waals surface area contributed by atoms with E-state index in [-0.39, 0.29) is 22.4 Å². The second-order valence-electron chi connectivity index (χ2n) is 8.21. The van der Waals surface area contributed by atoms with Gasteiger partial charge in [-0.05, 0) is 62.1 Å². The molecule has 3 fully saturated rings. The number of carbonyl (C=O) groups is 1. The molecule has 2 bridgehead atoms. The lowest BCUT2D eigenvalue weighted by Crippen LogP contribution is -2.38. The molecule has 1 aromatic rings. The summed E-state index contributed by atoms with van der Waals surface area (Å²) in [6, 6.07) is 4.68. The molecule has 1 heterocycles. The number of nitrogens with zero attached hydrogens (tertiary/aromatic N) is 1. The van der Waals surface area contributed by atoms with E-state index in [2.05, 4.69) is 5.32 Å². The summed E-state index contributed by atoms with van der Waals surface area (Å²) >= 11 is 6.25. The van der Waals surface area contributed by atoms with Crippen molar-refractivity contribution in [2.75, 3.05) is 13.1 Å². The number of amides is 1. The molecule has 1 N–H and O–H groups in total. The van der Waals surface area contributed by atoms with E-state index in [9.17, 15) is 13.2 Å². The van der Waals surface area contributed by atoms with Crippen molar-refractivity contribution in [2.45, 2.75) is 62.3 Å². The van der Waals surface area contributed by atoms with Crippen molar-refractivity contribution in [2.24, 2.45) is 11.8 Å². The summed E-state index contributed by atoms with van der Waals surface area (Å²) < 4.78 is 27.6. The van der Waals surface area contributed by atoms with E-state index in [1.807, 2.05) is 0 Å². The summed E-state index contributed by atoms with van der Waals surface area (Å²) in [5.41, 5.74) is 0.260. The van der Waals surface area contributed by atoms with Crippen molar-refractivity contribution in [3.63, 3.8) is 0 Å². The lowest BCUT2D eigenvalue weighted by atomic mass is 9.95. The standard InChI is InChI=1S/C20H27ClN2O3S/c21-18-8-7-16(27(25,26)23-9-3-1-2-4-10-23)13-17(18)20(24)22-19-12-14-5-6-15(19)11-14/h7-8,13-15,19H,1-6,9-12H2,(H,22,24)/t14-,15-,19-/m0/s1. The molecule has 27 heavy (non-hydrogen) atoms. The van der Waals surface area contributed by atoms with Crippen LogP contribution in [0.5, 0.6) is 0 Å². The van der Waals surface area contributed by atoms with Crippen LogP contribution >= 0.6 is 11.6 Å². The maximum Gasteiger partial charge on any atom is 0.253 e. The molecule has 2 saturated carbocycles. The van der Waals surface area contributed by atoms with Crippen molar-refractivity contribution in [3.05, 3.63) is 28.8 Å². The lowest BCUT2D eigenvalue weighted by molar-refractivity contribution is 0.0923. The minimum Gasteiger partial charge on any atom is -0.349 e. The normalized spacial score (nSPS) is 28.9. The first-order chi connectivity index (χ1) is 12.9. The molecular formula is C20H27ClN2O3S. The highest BCUT2D eigenvalue weighted by Crippen LogP contribution is 2.44. The highest BCUT2D eigenvalue weighted by molar-refractivity contribution is 7.89. The summed E-state index contributed by atoms with van der Waals surface area (Å²) in [7, 11) is -3.60. The molecule has 3 aliphatic rings. The predicted octanol–water partition coefficient (Wildman–Crippen LogP) is 3.82. The van der Waals surface area contributed by atoms with Gasteiger partial charge in [-0.3, -0.25) is 4.79 Å². The highest BCUT2D eigenvalue weighted by atomic mass is 35.5. The van der Waals surface area contributed by atoms with Crippen LogP contribution in [0.4, 0.5) is 0 Å². The fourth-order valence-corrected chi connectivity index (χ4v) is 6.68. The Morgan fingerprint density at radius 2 is 1.81 bits per heavy atom. The quantitative estimate of drug-likeness (QED) is 0.820. The molecule has 1 saturated heterocycles. The van der Waals surface area contributed by atoms with Gasteiger partial charge in [-0.2, -0.15) is 4.31 Å². The van der Waals surface area contributed by atoms with Crippen LogP contribution in [0.1, 0.15) is 61.7 Å². The van der Waals surface area contributed by atoms with Crippen LogP contribution in [-0.2, 0) is 10.0 Å². The van der Waals surface area contributed by atoms with E-state index in [0.717, 1.165) is 38.0 Å². The van der Waals surface area contributed by atoms with Crippen LogP contribution in [0, 0.1) is 11.8 Å². The van der Waals surface area contributed by atoms with E-state index < -0.39 is 10.0 Å². The van der Waals surface area contributed by atoms with Gasteiger partial charge in [-0.15, -0.1) is 0 Å². The van der Waals surface area contributed by atoms with E-state index in [0.29, 0.717) is 24.0 Å². The number of carbonyl (C=O) groups excluding carboxylic acids is 1. The fraction of sp³-hybridized carbons (Fsp3) is 0.650. The van der Waals surface area contributed by atoms with Crippen LogP contribution in [0.15, 0.2) is 23.1 Å². The molecule has 5 nitrogen and oxygen atoms in total. The van der Waals surface area contributed by atoms with Gasteiger partial charge in [0.15, 0.2) is 0 Å². The van der Waals surface area contributed by atoms with Crippen molar-refractivity contribution in [1.82, 2.24) is 9.62 Å². The van der Waals surface area contributed by atoms with E-state index in [4.69, 9.17) is 11.6 Å². The molecule has 4 rings (SSSR count). The van der Waals surface area contributed by atoms with Gasteiger partial charge in [-0.1, -0.05) is 30.9 Å². The highest BCUT2D eigenvalue weighted by Gasteiger charge is 2.40. The van der Waals surface area contributed by atoms with Gasteiger partial charge in [0.05, 0.1) is 15.5 Å². The van der Waals surface area contributed by atoms with E-state index in [1.165, 1.54) is 37.5 Å². The van der Waals surface area contributed by atoms with Crippen LogP contribution in [0.25, 0.3) is 0 Å². The SMILES string of the molecule is O=C(N[C@H]1C[C@H]2CC[C@H]1C2)c1cc(S(=O)(=O)N2CCCCCC2)ccc1Cl. The van der Waals surface area contributed by atoms with Crippen LogP contribution in [0.2, 0.25) is 5.02 Å². The molecular weight excluding hydrogens is 384 g/mol. The first-order valence-corrected chi connectivity index (χ1v) is 11.9. The van der Waals surface area contributed by atoms with Gasteiger partial charge < -0.3 is 5.32 Å². The molecule has 1 amide bonds. The number of hydrogen-bond acceptors (Lipinski definition) is 3. The maximum atomic E-state index is 13.0. The summed E-state index contributed by atoms with van der Waals surface area (Å²) in [5.74, 6) is 1.03. The minimum absolute atomic E-state index is 0.159. The zero-order valence-corrected chi connectivity index (χ0v) is 17.1. The van der Waals surface area contributed by atoms with Crippen molar-refractivity contribution < 1.29 is 13.2 Å². The first-order valence-electron chi connectivity index (χ1n) is 10.1. The second-order valence-corrected chi connectivity index (χ2v) is 10.6. The number of hydrogen-bond donors (Lipinski definition) is 1. The zero-order chi connectivity index (χ0) is 19.0. The molecule has 3 atom stereocenters. The molecule has 148 valence electrons. The number of rotatable bonds is 4. The van der Waals surface area contributed by atoms with Gasteiger partial charge in [0.2, 0.25) is 10.0 Å². The average Bonchev–Trinajstić information content (AvgIpc) is 3.14. The Labute approximate surface area is 166 Å². The van der Waals surface area contributed by atoms with E-state index in [1.54, 1.807) is 4.31 Å². The number of sulfonamides is 1. The molecule has 0 unspecified atom stereocenters. The lowest BCUT2D eigenvalue weighted by Gasteiger charge is -2.23. The van der Waals surface area contributed by atoms with E-state index >= 15 is 0 Å². The van der Waals surface area contributed by atoms with Crippen molar-refractivity contribution in [3.8, 4) is 0 Å². The minimum atomic E-state index is -3.60. The molecule has 1 aliphatic heterocycles. The number of halogens is 1. The number of benzene rings is 1. The van der Waals surface area contributed by atoms with Gasteiger partial charge in [0, 0.05) is 19.1 Å². The Morgan fingerprint density at radius 3 is 2.44 bits per heavy atom. The van der Waals surface area contributed by atoms with Gasteiger partial charge in [-0.25, -0.2) is 8.42 Å². The molecule has 0 spiro atoms. The topological polar surface area (TPSA) is 66.5 Å². The summed E-state index contributed by atoms with van der Waals surface area (Å²) in [6.07, 6.45) is 8.54. The monoisotopic (exact) mass is 410 g/mol. The van der Waals surface area contributed by atoms with Crippen LogP contribution in [-0.4, -0.2) is 37.8 Å². The smallest absolute Gasteiger partial charge is 0.253 e. The third kappa shape index (κ3) is 3.89. The largest absolute Gasteiger partial charge is 0.349 e. The molecule has 2 aliphatic carbocycles. The van der Waals surface area contributed by atoms with Crippen molar-refractivity contribution >= 4 is 27.5 Å². The summed E-state index contributed by atoms with van der Waals surface area (Å²) in [6.45, 7) is 1.08. The fourth-order valence-electron chi connectivity index (χ4n) is 4.94. The van der Waals surface area contributed by atoms with Gasteiger partial charge >= 0.3 is 0 Å². The summed E-state index contributed by atoms with van der Waals surface area (Å²) in [5, 5.41) is 3.40. The molecule has 7 heteroatoms. The third-order valence-corrected chi connectivity index (χ3v) is 8.66. The maximum absolute atomic E-state index is 13.0. The number of fused-ring (bicyclic) bond motifs is 2. The molecule has 0 radical (unpaired) electrons. The van der Waals surface area contributed by atoms with Crippen LogP contribution < -0.4 is 5.32 Å². The molecule has 0 aromatic heterocycles. The number of nitrogens with one attached hydrogen (secondary N) is 1. The third-order valence-electron chi connectivity index (χ3n) is 6.44. The predicted molar refractivity (Wildman–Crippen MR) is 105 cm³/mol. The average molecular weight is 411 g/mol. The van der Waals surface area contributed by atoms with Crippen molar-refractivity contribution in [1.29, 1.82) is 0 Å². The van der Waals surface area contributed by atoms with Gasteiger partial charge in [0.25, 0.3) is 5.91 Å². The second kappa shape index (κ2) is 7.72. The Balaban J connectivity index is 1.54.